The van der Waals surface area contributed by atoms with Crippen LogP contribution in [0.25, 0.3) is 10.9 Å². The number of aryl methyl sites for hydroxylation is 3. The minimum Gasteiger partial charge on any atom is -0.356 e. The molecule has 1 N–H and O–H groups in total. The first-order chi connectivity index (χ1) is 17.4. The predicted molar refractivity (Wildman–Crippen MR) is 145 cm³/mol. The number of anilines is 1. The Morgan fingerprint density at radius 1 is 0.811 bits per heavy atom. The molecule has 0 radical (unpaired) electrons. The summed E-state index contributed by atoms with van der Waals surface area (Å²) in [7, 11) is -7.53. The molecule has 0 saturated carbocycles. The molecule has 10 heteroatoms. The van der Waals surface area contributed by atoms with Crippen molar-refractivity contribution in [2.75, 3.05) is 10.3 Å². The highest BCUT2D eigenvalue weighted by atomic mass is 32.3. The van der Waals surface area contributed by atoms with Gasteiger partial charge in [0.25, 0.3) is 20.0 Å². The molecule has 0 unspecified atom stereocenters. The number of rotatable bonds is 8. The van der Waals surface area contributed by atoms with Gasteiger partial charge in [0, 0.05) is 37.0 Å². The second-order valence-electron chi connectivity index (χ2n) is 8.94. The average Bonchev–Trinajstić information content (AvgIpc) is 3.11. The molecule has 1 amide bonds. The van der Waals surface area contributed by atoms with Gasteiger partial charge in [0.2, 0.25) is 5.91 Å². The van der Waals surface area contributed by atoms with Crippen LogP contribution in [-0.2, 0) is 38.3 Å². The van der Waals surface area contributed by atoms with E-state index in [1.165, 1.54) is 31.2 Å². The summed E-state index contributed by atoms with van der Waals surface area (Å²) in [5, 5.41) is 3.42. The number of para-hydroxylation sites is 1. The lowest BCUT2D eigenvalue weighted by Gasteiger charge is -2.26. The number of nitrogens with one attached hydrogen (secondary N) is 1. The lowest BCUT2D eigenvalue weighted by atomic mass is 10.1. The zero-order valence-electron chi connectivity index (χ0n) is 21.1. The molecule has 8 nitrogen and oxygen atoms in total. The van der Waals surface area contributed by atoms with Gasteiger partial charge in [-0.05, 0) is 50.6 Å². The number of nitrogens with zero attached hydrogens (tertiary/aromatic N) is 2. The number of fused-ring (bicyclic) bond motifs is 1. The number of carbonyl (C=O) groups is 1. The van der Waals surface area contributed by atoms with Gasteiger partial charge in [0.15, 0.2) is 0 Å². The van der Waals surface area contributed by atoms with Crippen LogP contribution in [0.15, 0.2) is 82.6 Å². The molecule has 0 saturated heterocycles. The van der Waals surface area contributed by atoms with E-state index in [1.807, 2.05) is 19.9 Å². The maximum atomic E-state index is 14.2. The summed E-state index contributed by atoms with van der Waals surface area (Å²) in [5.74, 6) is -0.231. The van der Waals surface area contributed by atoms with E-state index in [4.69, 9.17) is 0 Å². The topological polar surface area (TPSA) is 106 Å². The van der Waals surface area contributed by atoms with Gasteiger partial charge in [-0.3, -0.25) is 4.79 Å². The summed E-state index contributed by atoms with van der Waals surface area (Å²) in [4.78, 5) is 11.3. The highest BCUT2D eigenvalue weighted by molar-refractivity contribution is 8.10. The van der Waals surface area contributed by atoms with Crippen LogP contribution in [0.1, 0.15) is 23.6 Å². The van der Waals surface area contributed by atoms with Gasteiger partial charge in [0.05, 0.1) is 9.79 Å². The zero-order chi connectivity index (χ0) is 27.0. The maximum Gasteiger partial charge on any atom is 0.278 e. The molecule has 0 bridgehead atoms. The predicted octanol–water partition coefficient (Wildman–Crippen LogP) is 4.06. The summed E-state index contributed by atoms with van der Waals surface area (Å²) >= 11 is 0. The fraction of sp³-hybridized carbons (Fsp3) is 0.222. The van der Waals surface area contributed by atoms with E-state index in [1.54, 1.807) is 54.1 Å². The van der Waals surface area contributed by atoms with Crippen LogP contribution in [0.2, 0.25) is 0 Å². The lowest BCUT2D eigenvalue weighted by molar-refractivity contribution is -0.118. The average molecular weight is 540 g/mol. The summed E-state index contributed by atoms with van der Waals surface area (Å²) in [6.07, 6.45) is 0.222. The van der Waals surface area contributed by atoms with Crippen LogP contribution in [-0.4, -0.2) is 33.9 Å². The molecule has 3 aromatic carbocycles. The van der Waals surface area contributed by atoms with Crippen LogP contribution in [0.4, 0.5) is 5.82 Å². The second kappa shape index (κ2) is 10.0. The van der Waals surface area contributed by atoms with E-state index in [9.17, 15) is 21.6 Å². The summed E-state index contributed by atoms with van der Waals surface area (Å²) in [6, 6.07) is 19.4. The van der Waals surface area contributed by atoms with Gasteiger partial charge in [-0.2, -0.15) is 16.8 Å². The van der Waals surface area contributed by atoms with Crippen molar-refractivity contribution in [1.29, 1.82) is 0 Å². The third kappa shape index (κ3) is 4.99. The van der Waals surface area contributed by atoms with Crippen molar-refractivity contribution in [1.82, 2.24) is 9.88 Å². The first-order valence-electron chi connectivity index (χ1n) is 11.7. The molecule has 0 fully saturated rings. The number of benzene rings is 3. The summed E-state index contributed by atoms with van der Waals surface area (Å²) < 4.78 is 58.8. The van der Waals surface area contributed by atoms with Gasteiger partial charge in [-0.15, -0.1) is 3.71 Å². The van der Waals surface area contributed by atoms with Gasteiger partial charge in [-0.1, -0.05) is 53.6 Å². The molecule has 4 rings (SSSR count). The zero-order valence-corrected chi connectivity index (χ0v) is 22.7. The van der Waals surface area contributed by atoms with Crippen molar-refractivity contribution in [3.8, 4) is 0 Å². The normalized spacial score (nSPS) is 12.0. The Kier molecular flexibility index (Phi) is 7.16. The van der Waals surface area contributed by atoms with Crippen LogP contribution < -0.4 is 9.03 Å². The van der Waals surface area contributed by atoms with Gasteiger partial charge < -0.3 is 9.88 Å². The fourth-order valence-corrected chi connectivity index (χ4v) is 8.08. The van der Waals surface area contributed by atoms with Crippen LogP contribution in [0.3, 0.4) is 0 Å². The van der Waals surface area contributed by atoms with Crippen LogP contribution in [0, 0.1) is 13.8 Å². The fourth-order valence-electron chi connectivity index (χ4n) is 4.27. The molecule has 37 heavy (non-hydrogen) atoms. The van der Waals surface area contributed by atoms with Crippen molar-refractivity contribution in [3.63, 3.8) is 0 Å². The summed E-state index contributed by atoms with van der Waals surface area (Å²) in [6.45, 7) is 5.24. The largest absolute Gasteiger partial charge is 0.356 e. The second-order valence-corrected chi connectivity index (χ2v) is 12.7. The van der Waals surface area contributed by atoms with Crippen molar-refractivity contribution in [3.05, 3.63) is 89.5 Å². The molecular weight excluding hydrogens is 510 g/mol. The highest BCUT2D eigenvalue weighted by Crippen LogP contribution is 2.39. The number of hydrogen-bond acceptors (Lipinski definition) is 5. The molecule has 0 atom stereocenters. The molecule has 1 heterocycles. The molecule has 1 aromatic heterocycles. The van der Waals surface area contributed by atoms with Gasteiger partial charge >= 0.3 is 0 Å². The maximum absolute atomic E-state index is 14.2. The minimum atomic E-state index is -4.58. The third-order valence-electron chi connectivity index (χ3n) is 6.17. The van der Waals surface area contributed by atoms with Crippen LogP contribution >= 0.6 is 0 Å². The minimum absolute atomic E-state index is 0.00713. The van der Waals surface area contributed by atoms with Crippen molar-refractivity contribution >= 4 is 42.7 Å². The molecule has 0 aliphatic carbocycles. The highest BCUT2D eigenvalue weighted by Gasteiger charge is 2.40. The molecular formula is C27H29N3O5S2. The van der Waals surface area contributed by atoms with Crippen molar-refractivity contribution < 1.29 is 21.6 Å². The number of hydrogen-bond donors (Lipinski definition) is 1. The Bertz CT molecular complexity index is 1600. The van der Waals surface area contributed by atoms with E-state index in [2.05, 4.69) is 5.32 Å². The molecule has 0 spiro atoms. The standard InChI is InChI=1S/C27H29N3O5S2/c1-19-9-13-22(14-10-19)36(32,33)30(37(34,35)23-15-11-20(2)12-16-23)27-25(17-18-28-21(3)31)24-7-5-6-8-26(24)29(27)4/h5-16H,17-18H2,1-4H3,(H,28,31). The number of amides is 1. The van der Waals surface area contributed by atoms with E-state index in [-0.39, 0.29) is 34.5 Å². The summed E-state index contributed by atoms with van der Waals surface area (Å²) in [5.41, 5.74) is 2.84. The van der Waals surface area contributed by atoms with E-state index < -0.39 is 20.0 Å². The quantitative estimate of drug-likeness (QED) is 0.364. The van der Waals surface area contributed by atoms with Crippen molar-refractivity contribution in [2.45, 2.75) is 37.0 Å². The SMILES string of the molecule is CC(=O)NCCc1c(N(S(=O)(=O)c2ccc(C)cc2)S(=O)(=O)c2ccc(C)cc2)n(C)c2ccccc12. The number of sulfonamides is 2. The van der Waals surface area contributed by atoms with Crippen molar-refractivity contribution in [2.24, 2.45) is 7.05 Å². The number of carbonyl (C=O) groups excluding carboxylic acids is 1. The molecule has 0 aliphatic heterocycles. The Labute approximate surface area is 217 Å². The van der Waals surface area contributed by atoms with Gasteiger partial charge in [0.1, 0.15) is 5.82 Å². The Morgan fingerprint density at radius 3 is 1.78 bits per heavy atom. The monoisotopic (exact) mass is 539 g/mol. The van der Waals surface area contributed by atoms with E-state index in [0.717, 1.165) is 11.1 Å². The lowest BCUT2D eigenvalue weighted by Crippen LogP contribution is -2.39. The van der Waals surface area contributed by atoms with Gasteiger partial charge in [-0.25, -0.2) is 0 Å². The molecule has 194 valence electrons. The Balaban J connectivity index is 2.05. The first kappa shape index (κ1) is 26.4. The Morgan fingerprint density at radius 2 is 1.30 bits per heavy atom. The molecule has 0 aliphatic rings. The molecule has 4 aromatic rings. The van der Waals surface area contributed by atoms with Crippen LogP contribution in [0.5, 0.6) is 0 Å². The van der Waals surface area contributed by atoms with E-state index >= 15 is 0 Å². The third-order valence-corrected chi connectivity index (χ3v) is 10.3. The Hall–Kier alpha value is -3.63. The smallest absolute Gasteiger partial charge is 0.278 e. The number of aromatic nitrogens is 1. The first-order valence-corrected chi connectivity index (χ1v) is 14.6. The van der Waals surface area contributed by atoms with E-state index in [0.29, 0.717) is 20.2 Å².